The Bertz CT molecular complexity index is 897. The first kappa shape index (κ1) is 13.4. The molecule has 0 bridgehead atoms. The number of hydrogen-bond acceptors (Lipinski definition) is 6. The van der Waals surface area contributed by atoms with Crippen molar-refractivity contribution >= 4 is 28.3 Å². The van der Waals surface area contributed by atoms with E-state index in [1.165, 1.54) is 0 Å². The van der Waals surface area contributed by atoms with Crippen molar-refractivity contribution in [2.45, 2.75) is 6.92 Å². The van der Waals surface area contributed by atoms with Crippen LogP contribution in [0, 0.1) is 0 Å². The van der Waals surface area contributed by atoms with Crippen LogP contribution in [0.5, 0.6) is 6.01 Å². The molecule has 0 unspecified atom stereocenters. The Balaban J connectivity index is 1.95. The SMILES string of the molecule is CCOc1nc(-c2cccs2)n2nc(-c3cccs3)cc2n1. The third-order valence-corrected chi connectivity index (χ3v) is 4.85. The van der Waals surface area contributed by atoms with Crippen LogP contribution in [0.2, 0.25) is 0 Å². The third-order valence-electron chi connectivity index (χ3n) is 3.09. The van der Waals surface area contributed by atoms with E-state index in [1.54, 1.807) is 27.2 Å². The minimum atomic E-state index is 0.385. The molecule has 7 heteroatoms. The molecule has 0 aliphatic rings. The average molecular weight is 328 g/mol. The lowest BCUT2D eigenvalue weighted by molar-refractivity contribution is 0.312. The van der Waals surface area contributed by atoms with Crippen LogP contribution in [0.25, 0.3) is 26.9 Å². The first-order valence-corrected chi connectivity index (χ1v) is 8.59. The second-order valence-electron chi connectivity index (χ2n) is 4.52. The summed E-state index contributed by atoms with van der Waals surface area (Å²) >= 11 is 3.28. The van der Waals surface area contributed by atoms with Crippen LogP contribution in [0.15, 0.2) is 41.1 Å². The molecule has 4 rings (SSSR count). The molecule has 0 aliphatic heterocycles. The van der Waals surface area contributed by atoms with E-state index < -0.39 is 0 Å². The number of rotatable bonds is 4. The summed E-state index contributed by atoms with van der Waals surface area (Å²) < 4.78 is 7.28. The Morgan fingerprint density at radius 1 is 1.09 bits per heavy atom. The molecule has 110 valence electrons. The standard InChI is InChI=1S/C15H12N4OS2/c1-2-20-15-16-13-9-10(11-5-3-7-21-11)18-19(13)14(17-15)12-6-4-8-22-12/h3-9H,2H2,1H3. The van der Waals surface area contributed by atoms with Gasteiger partial charge in [0.1, 0.15) is 5.69 Å². The summed E-state index contributed by atoms with van der Waals surface area (Å²) in [6, 6.07) is 10.4. The number of aromatic nitrogens is 4. The van der Waals surface area contributed by atoms with Gasteiger partial charge in [-0.1, -0.05) is 12.1 Å². The number of thiophene rings is 2. The fraction of sp³-hybridized carbons (Fsp3) is 0.133. The molecule has 4 aromatic rings. The minimum absolute atomic E-state index is 0.385. The van der Waals surface area contributed by atoms with Crippen LogP contribution in [-0.2, 0) is 0 Å². The summed E-state index contributed by atoms with van der Waals surface area (Å²) in [5, 5.41) is 8.73. The van der Waals surface area contributed by atoms with Crippen LogP contribution in [0.3, 0.4) is 0 Å². The Kier molecular flexibility index (Phi) is 3.36. The maximum atomic E-state index is 5.50. The summed E-state index contributed by atoms with van der Waals surface area (Å²) in [6.45, 7) is 2.46. The summed E-state index contributed by atoms with van der Waals surface area (Å²) in [7, 11) is 0. The van der Waals surface area contributed by atoms with Gasteiger partial charge in [0.05, 0.1) is 16.4 Å². The van der Waals surface area contributed by atoms with Crippen LogP contribution < -0.4 is 4.74 Å². The van der Waals surface area contributed by atoms with Gasteiger partial charge in [0.15, 0.2) is 11.5 Å². The lowest BCUT2D eigenvalue weighted by Crippen LogP contribution is -2.04. The molecule has 4 aromatic heterocycles. The lowest BCUT2D eigenvalue weighted by Gasteiger charge is -2.05. The van der Waals surface area contributed by atoms with Gasteiger partial charge in [-0.15, -0.1) is 22.7 Å². The molecular formula is C15H12N4OS2. The third kappa shape index (κ3) is 2.28. The number of ether oxygens (including phenoxy) is 1. The lowest BCUT2D eigenvalue weighted by atomic mass is 10.3. The molecular weight excluding hydrogens is 316 g/mol. The van der Waals surface area contributed by atoms with Crippen LogP contribution in [0.4, 0.5) is 0 Å². The molecule has 0 fully saturated rings. The Morgan fingerprint density at radius 2 is 1.86 bits per heavy atom. The first-order chi connectivity index (χ1) is 10.8. The molecule has 0 spiro atoms. The van der Waals surface area contributed by atoms with Crippen molar-refractivity contribution in [3.8, 4) is 27.3 Å². The van der Waals surface area contributed by atoms with E-state index in [2.05, 4.69) is 15.1 Å². The van der Waals surface area contributed by atoms with Crippen LogP contribution in [0.1, 0.15) is 6.92 Å². The van der Waals surface area contributed by atoms with Gasteiger partial charge in [0, 0.05) is 6.07 Å². The van der Waals surface area contributed by atoms with Gasteiger partial charge in [-0.25, -0.2) is 0 Å². The van der Waals surface area contributed by atoms with Gasteiger partial charge in [-0.05, 0) is 29.8 Å². The number of nitrogens with zero attached hydrogens (tertiary/aromatic N) is 4. The van der Waals surface area contributed by atoms with Crippen LogP contribution >= 0.6 is 22.7 Å². The van der Waals surface area contributed by atoms with E-state index in [-0.39, 0.29) is 0 Å². The molecule has 0 saturated carbocycles. The summed E-state index contributed by atoms with van der Waals surface area (Å²) in [5.41, 5.74) is 1.64. The maximum absolute atomic E-state index is 5.50. The van der Waals surface area contributed by atoms with E-state index in [9.17, 15) is 0 Å². The van der Waals surface area contributed by atoms with Crippen molar-refractivity contribution in [2.24, 2.45) is 0 Å². The topological polar surface area (TPSA) is 52.3 Å². The van der Waals surface area contributed by atoms with Crippen molar-refractivity contribution in [3.05, 3.63) is 41.1 Å². The predicted molar refractivity (Wildman–Crippen MR) is 88.6 cm³/mol. The van der Waals surface area contributed by atoms with Gasteiger partial charge in [-0.2, -0.15) is 19.6 Å². The number of fused-ring (bicyclic) bond motifs is 1. The van der Waals surface area contributed by atoms with Crippen LogP contribution in [-0.4, -0.2) is 26.2 Å². The zero-order valence-electron chi connectivity index (χ0n) is 11.8. The normalized spacial score (nSPS) is 11.1. The van der Waals surface area contributed by atoms with E-state index in [1.807, 2.05) is 48.0 Å². The monoisotopic (exact) mass is 328 g/mol. The zero-order valence-corrected chi connectivity index (χ0v) is 13.4. The van der Waals surface area contributed by atoms with E-state index >= 15 is 0 Å². The molecule has 0 aromatic carbocycles. The molecule has 0 aliphatic carbocycles. The fourth-order valence-corrected chi connectivity index (χ4v) is 3.55. The minimum Gasteiger partial charge on any atom is -0.464 e. The van der Waals surface area contributed by atoms with Gasteiger partial charge >= 0.3 is 6.01 Å². The quantitative estimate of drug-likeness (QED) is 0.568. The molecule has 0 N–H and O–H groups in total. The largest absolute Gasteiger partial charge is 0.464 e. The van der Waals surface area contributed by atoms with Crippen molar-refractivity contribution in [1.82, 2.24) is 19.6 Å². The highest BCUT2D eigenvalue weighted by atomic mass is 32.1. The molecule has 4 heterocycles. The molecule has 5 nitrogen and oxygen atoms in total. The van der Waals surface area contributed by atoms with Crippen molar-refractivity contribution < 1.29 is 4.74 Å². The second kappa shape index (κ2) is 5.51. The van der Waals surface area contributed by atoms with E-state index in [0.29, 0.717) is 12.6 Å². The summed E-state index contributed by atoms with van der Waals surface area (Å²) in [6.07, 6.45) is 0. The van der Waals surface area contributed by atoms with Gasteiger partial charge in [0.25, 0.3) is 0 Å². The summed E-state index contributed by atoms with van der Waals surface area (Å²) in [4.78, 5) is 11.1. The first-order valence-electron chi connectivity index (χ1n) is 6.83. The van der Waals surface area contributed by atoms with Crippen molar-refractivity contribution in [1.29, 1.82) is 0 Å². The Morgan fingerprint density at radius 3 is 2.55 bits per heavy atom. The fourth-order valence-electron chi connectivity index (χ4n) is 2.17. The highest BCUT2D eigenvalue weighted by Gasteiger charge is 2.15. The highest BCUT2D eigenvalue weighted by Crippen LogP contribution is 2.29. The molecule has 0 radical (unpaired) electrons. The van der Waals surface area contributed by atoms with Gasteiger partial charge in [0.2, 0.25) is 0 Å². The smallest absolute Gasteiger partial charge is 0.320 e. The predicted octanol–water partition coefficient (Wildman–Crippen LogP) is 3.98. The number of hydrogen-bond donors (Lipinski definition) is 0. The van der Waals surface area contributed by atoms with Crippen molar-refractivity contribution in [2.75, 3.05) is 6.61 Å². The van der Waals surface area contributed by atoms with E-state index in [0.717, 1.165) is 26.9 Å². The van der Waals surface area contributed by atoms with E-state index in [4.69, 9.17) is 4.74 Å². The van der Waals surface area contributed by atoms with Gasteiger partial charge < -0.3 is 4.74 Å². The Hall–Kier alpha value is -2.25. The highest BCUT2D eigenvalue weighted by molar-refractivity contribution is 7.13. The zero-order chi connectivity index (χ0) is 14.9. The average Bonchev–Trinajstić information content (AvgIpc) is 3.26. The van der Waals surface area contributed by atoms with Crippen molar-refractivity contribution in [3.63, 3.8) is 0 Å². The molecule has 0 saturated heterocycles. The molecule has 0 amide bonds. The molecule has 22 heavy (non-hydrogen) atoms. The van der Waals surface area contributed by atoms with Gasteiger partial charge in [-0.3, -0.25) is 0 Å². The maximum Gasteiger partial charge on any atom is 0.320 e. The summed E-state index contributed by atoms with van der Waals surface area (Å²) in [5.74, 6) is 0.756. The molecule has 0 atom stereocenters. The Labute approximate surface area is 134 Å². The second-order valence-corrected chi connectivity index (χ2v) is 6.41.